The van der Waals surface area contributed by atoms with Gasteiger partial charge in [0.2, 0.25) is 0 Å². The molecule has 8 heavy (non-hydrogen) atoms. The van der Waals surface area contributed by atoms with Crippen molar-refractivity contribution in [3.8, 4) is 6.07 Å². The Balaban J connectivity index is 3.05. The number of aromatic nitrogens is 1. The number of rotatable bonds is 0. The molecule has 2 nitrogen and oxygen atoms in total. The van der Waals surface area contributed by atoms with Crippen LogP contribution >= 0.6 is 0 Å². The summed E-state index contributed by atoms with van der Waals surface area (Å²) >= 11 is 0. The molecule has 1 aromatic rings. The smallest absolute Gasteiger partial charge is 0.101 e. The highest BCUT2D eigenvalue weighted by atomic mass is 15.1. The van der Waals surface area contributed by atoms with Gasteiger partial charge >= 0.3 is 0 Å². The molecule has 38 valence electrons. The lowest BCUT2D eigenvalue weighted by atomic mass is 10.3. The van der Waals surface area contributed by atoms with Gasteiger partial charge in [0.15, 0.2) is 0 Å². The first kappa shape index (κ1) is 4.79. The highest BCUT2D eigenvalue weighted by Gasteiger charge is 1.80. The van der Waals surface area contributed by atoms with E-state index in [2.05, 4.69) is 4.98 Å². The van der Waals surface area contributed by atoms with E-state index in [0.29, 0.717) is 5.56 Å². The SMILES string of the molecule is [15N]#Cc1cccnc1. The van der Waals surface area contributed by atoms with Gasteiger partial charge in [-0.2, -0.15) is 5.26 Å². The van der Waals surface area contributed by atoms with Gasteiger partial charge in [0.1, 0.15) is 6.07 Å². The molecule has 0 N–H and O–H groups in total. The monoisotopic (exact) mass is 105 g/mol. The van der Waals surface area contributed by atoms with Crippen LogP contribution < -0.4 is 0 Å². The minimum atomic E-state index is 0.604. The van der Waals surface area contributed by atoms with Crippen molar-refractivity contribution in [3.63, 3.8) is 0 Å². The zero-order valence-corrected chi connectivity index (χ0v) is 4.20. The lowest BCUT2D eigenvalue weighted by molar-refractivity contribution is 1.30. The third-order valence-corrected chi connectivity index (χ3v) is 0.791. The molecule has 1 aromatic heterocycles. The third-order valence-electron chi connectivity index (χ3n) is 0.791. The van der Waals surface area contributed by atoms with Gasteiger partial charge in [0.25, 0.3) is 0 Å². The maximum absolute atomic E-state index is 8.25. The van der Waals surface area contributed by atoms with E-state index in [-0.39, 0.29) is 0 Å². The second-order valence-corrected chi connectivity index (χ2v) is 1.35. The molecule has 1 heterocycles. The van der Waals surface area contributed by atoms with Crippen LogP contribution in [0.15, 0.2) is 24.5 Å². The van der Waals surface area contributed by atoms with Crippen LogP contribution in [0.2, 0.25) is 0 Å². The number of pyridine rings is 1. The van der Waals surface area contributed by atoms with E-state index in [1.54, 1.807) is 18.3 Å². The summed E-state index contributed by atoms with van der Waals surface area (Å²) in [7, 11) is 0. The Kier molecular flexibility index (Phi) is 1.25. The second-order valence-electron chi connectivity index (χ2n) is 1.35. The van der Waals surface area contributed by atoms with Crippen molar-refractivity contribution in [2.75, 3.05) is 0 Å². The van der Waals surface area contributed by atoms with E-state index in [1.807, 2.05) is 6.07 Å². The molecular weight excluding hydrogens is 101 g/mol. The highest BCUT2D eigenvalue weighted by molar-refractivity contribution is 5.23. The summed E-state index contributed by atoms with van der Waals surface area (Å²) in [5, 5.41) is 8.25. The summed E-state index contributed by atoms with van der Waals surface area (Å²) in [5.41, 5.74) is 0.604. The molecule has 0 saturated carbocycles. The summed E-state index contributed by atoms with van der Waals surface area (Å²) in [5.74, 6) is 0. The average Bonchev–Trinajstić information content (AvgIpc) is 1.90. The van der Waals surface area contributed by atoms with Crippen molar-refractivity contribution >= 4 is 0 Å². The van der Waals surface area contributed by atoms with Gasteiger partial charge < -0.3 is 0 Å². The Bertz CT molecular complexity index is 198. The zero-order chi connectivity index (χ0) is 5.82. The van der Waals surface area contributed by atoms with Gasteiger partial charge in [-0.05, 0) is 12.1 Å². The summed E-state index contributed by atoms with van der Waals surface area (Å²) in [6.07, 6.45) is 3.17. The van der Waals surface area contributed by atoms with E-state index < -0.39 is 0 Å². The predicted molar refractivity (Wildman–Crippen MR) is 29.0 cm³/mol. The molecule has 0 fully saturated rings. The van der Waals surface area contributed by atoms with Crippen LogP contribution in [0.3, 0.4) is 0 Å². The molecule has 0 aliphatic rings. The maximum atomic E-state index is 8.25. The second kappa shape index (κ2) is 2.08. The first-order valence-corrected chi connectivity index (χ1v) is 2.23. The van der Waals surface area contributed by atoms with Crippen LogP contribution in [-0.2, 0) is 0 Å². The molecule has 0 bridgehead atoms. The molecule has 2 heteroatoms. The topological polar surface area (TPSA) is 36.7 Å². The first-order chi connectivity index (χ1) is 3.93. The van der Waals surface area contributed by atoms with Gasteiger partial charge in [-0.1, -0.05) is 0 Å². The molecule has 0 saturated heterocycles. The summed E-state index contributed by atoms with van der Waals surface area (Å²) in [6.45, 7) is 0. The first-order valence-electron chi connectivity index (χ1n) is 2.23. The minimum Gasteiger partial charge on any atom is -0.263 e. The maximum Gasteiger partial charge on any atom is 0.101 e. The predicted octanol–water partition coefficient (Wildman–Crippen LogP) is 0.953. The Labute approximate surface area is 47.4 Å². The van der Waals surface area contributed by atoms with E-state index in [1.165, 1.54) is 6.20 Å². The van der Waals surface area contributed by atoms with E-state index in [9.17, 15) is 0 Å². The number of hydrogen-bond acceptors (Lipinski definition) is 2. The summed E-state index contributed by atoms with van der Waals surface area (Å²) in [4.78, 5) is 3.73. The van der Waals surface area contributed by atoms with Gasteiger partial charge in [-0.15, -0.1) is 0 Å². The molecule has 0 aromatic carbocycles. The van der Waals surface area contributed by atoms with Crippen molar-refractivity contribution < 1.29 is 0 Å². The van der Waals surface area contributed by atoms with Gasteiger partial charge in [0.05, 0.1) is 5.56 Å². The fraction of sp³-hybridized carbons (Fsp3) is 0. The van der Waals surface area contributed by atoms with Gasteiger partial charge in [-0.3, -0.25) is 4.98 Å². The van der Waals surface area contributed by atoms with Crippen LogP contribution in [0.1, 0.15) is 5.56 Å². The molecule has 0 aliphatic heterocycles. The molecule has 0 unspecified atom stereocenters. The Morgan fingerprint density at radius 1 is 1.62 bits per heavy atom. The zero-order valence-electron chi connectivity index (χ0n) is 4.20. The lowest BCUT2D eigenvalue weighted by Gasteiger charge is -1.79. The van der Waals surface area contributed by atoms with Crippen LogP contribution in [-0.4, -0.2) is 4.98 Å². The lowest BCUT2D eigenvalue weighted by Crippen LogP contribution is -1.72. The molecule has 1 rings (SSSR count). The Morgan fingerprint density at radius 2 is 2.50 bits per heavy atom. The van der Waals surface area contributed by atoms with Crippen LogP contribution in [0, 0.1) is 11.3 Å². The molecule has 0 atom stereocenters. The Hall–Kier alpha value is -1.36. The van der Waals surface area contributed by atoms with Crippen LogP contribution in [0.5, 0.6) is 0 Å². The van der Waals surface area contributed by atoms with Crippen molar-refractivity contribution in [2.24, 2.45) is 0 Å². The average molecular weight is 105 g/mol. The van der Waals surface area contributed by atoms with Crippen LogP contribution in [0.4, 0.5) is 0 Å². The fourth-order valence-corrected chi connectivity index (χ4v) is 0.429. The van der Waals surface area contributed by atoms with E-state index >= 15 is 0 Å². The van der Waals surface area contributed by atoms with E-state index in [4.69, 9.17) is 5.26 Å². The van der Waals surface area contributed by atoms with Crippen molar-refractivity contribution in [3.05, 3.63) is 30.1 Å². The summed E-state index contributed by atoms with van der Waals surface area (Å²) in [6, 6.07) is 5.41. The van der Waals surface area contributed by atoms with Gasteiger partial charge in [-0.25, -0.2) is 0 Å². The largest absolute Gasteiger partial charge is 0.263 e. The molecular formula is C6H4N2. The number of nitrogens with zero attached hydrogens (tertiary/aromatic N) is 2. The quantitative estimate of drug-likeness (QED) is 0.460. The molecule has 0 spiro atoms. The highest BCUT2D eigenvalue weighted by Crippen LogP contribution is 1.89. The van der Waals surface area contributed by atoms with E-state index in [0.717, 1.165) is 0 Å². The standard InChI is InChI=1S/C6H4N2/c7-4-6-2-1-3-8-5-6/h1-3,5H/i7+1. The van der Waals surface area contributed by atoms with Crippen molar-refractivity contribution in [2.45, 2.75) is 0 Å². The fourth-order valence-electron chi connectivity index (χ4n) is 0.429. The van der Waals surface area contributed by atoms with Gasteiger partial charge in [0, 0.05) is 12.4 Å². The number of nitriles is 1. The number of hydrogen-bond donors (Lipinski definition) is 0. The molecule has 0 aliphatic carbocycles. The van der Waals surface area contributed by atoms with Crippen molar-refractivity contribution in [1.29, 1.82) is 5.26 Å². The van der Waals surface area contributed by atoms with Crippen LogP contribution in [0.25, 0.3) is 0 Å². The molecule has 0 radical (unpaired) electrons. The molecule has 0 amide bonds. The third kappa shape index (κ3) is 0.824. The normalized spacial score (nSPS) is 7.88. The summed E-state index contributed by atoms with van der Waals surface area (Å²) < 4.78 is 0. The van der Waals surface area contributed by atoms with Crippen molar-refractivity contribution in [1.82, 2.24) is 4.98 Å². The Morgan fingerprint density at radius 3 is 2.88 bits per heavy atom. The minimum absolute atomic E-state index is 0.604.